The van der Waals surface area contributed by atoms with E-state index in [4.69, 9.17) is 15.7 Å². The van der Waals surface area contributed by atoms with Gasteiger partial charge >= 0.3 is 5.69 Å². The van der Waals surface area contributed by atoms with E-state index in [1.165, 1.54) is 6.07 Å². The van der Waals surface area contributed by atoms with E-state index in [0.29, 0.717) is 19.4 Å². The smallest absolute Gasteiger partial charge is 0.311 e. The first kappa shape index (κ1) is 14.9. The van der Waals surface area contributed by atoms with Crippen LogP contribution < -0.4 is 10.5 Å². The van der Waals surface area contributed by atoms with Crippen LogP contribution in [0.25, 0.3) is 0 Å². The quantitative estimate of drug-likeness (QED) is 0.482. The summed E-state index contributed by atoms with van der Waals surface area (Å²) in [7, 11) is 0. The molecule has 0 saturated heterocycles. The Morgan fingerprint density at radius 2 is 2.26 bits per heavy atom. The monoisotopic (exact) mass is 263 g/mol. The summed E-state index contributed by atoms with van der Waals surface area (Å²) in [6, 6.07) is 6.80. The molecule has 0 heterocycles. The fourth-order valence-corrected chi connectivity index (χ4v) is 1.57. The Hall–Kier alpha value is -2.13. The van der Waals surface area contributed by atoms with Crippen LogP contribution in [0.4, 0.5) is 5.69 Å². The van der Waals surface area contributed by atoms with Gasteiger partial charge in [0.05, 0.1) is 17.6 Å². The summed E-state index contributed by atoms with van der Waals surface area (Å²) in [5.74, 6) is 0.242. The van der Waals surface area contributed by atoms with Crippen molar-refractivity contribution in [2.75, 3.05) is 6.61 Å². The van der Waals surface area contributed by atoms with E-state index in [2.05, 4.69) is 0 Å². The van der Waals surface area contributed by atoms with Gasteiger partial charge in [-0.1, -0.05) is 6.07 Å². The third-order valence-corrected chi connectivity index (χ3v) is 2.66. The summed E-state index contributed by atoms with van der Waals surface area (Å²) < 4.78 is 5.39. The summed E-state index contributed by atoms with van der Waals surface area (Å²) >= 11 is 0. The average Bonchev–Trinajstić information content (AvgIpc) is 2.36. The highest BCUT2D eigenvalue weighted by Crippen LogP contribution is 2.27. The highest BCUT2D eigenvalue weighted by atomic mass is 16.6. The van der Waals surface area contributed by atoms with Gasteiger partial charge in [-0.25, -0.2) is 0 Å². The maximum Gasteiger partial charge on any atom is 0.311 e. The van der Waals surface area contributed by atoms with E-state index >= 15 is 0 Å². The molecule has 102 valence electrons. The minimum atomic E-state index is -0.886. The number of hydrogen-bond donors (Lipinski definition) is 1. The summed E-state index contributed by atoms with van der Waals surface area (Å²) in [6.45, 7) is 3.71. The Morgan fingerprint density at radius 3 is 2.84 bits per heavy atom. The van der Waals surface area contributed by atoms with E-state index in [9.17, 15) is 10.1 Å². The van der Waals surface area contributed by atoms with Crippen molar-refractivity contribution in [3.05, 3.63) is 33.9 Å². The molecule has 0 bridgehead atoms. The minimum absolute atomic E-state index is 0.0456. The van der Waals surface area contributed by atoms with Crippen LogP contribution in [0.1, 0.15) is 25.3 Å². The molecule has 6 heteroatoms. The van der Waals surface area contributed by atoms with E-state index < -0.39 is 10.5 Å². The Balaban J connectivity index is 2.59. The van der Waals surface area contributed by atoms with E-state index in [1.807, 2.05) is 6.07 Å². The number of aryl methyl sites for hydroxylation is 1. The molecule has 0 spiro atoms. The lowest BCUT2D eigenvalue weighted by atomic mass is 10.00. The zero-order valence-electron chi connectivity index (χ0n) is 11.0. The van der Waals surface area contributed by atoms with Crippen LogP contribution in [0.5, 0.6) is 5.75 Å². The fraction of sp³-hybridized carbons (Fsp3) is 0.462. The lowest BCUT2D eigenvalue weighted by molar-refractivity contribution is -0.385. The van der Waals surface area contributed by atoms with Crippen LogP contribution in [0.15, 0.2) is 18.2 Å². The highest BCUT2D eigenvalue weighted by Gasteiger charge is 2.18. The Kier molecular flexibility index (Phi) is 4.84. The molecule has 1 atom stereocenters. The lowest BCUT2D eigenvalue weighted by Crippen LogP contribution is -2.34. The molecule has 1 unspecified atom stereocenters. The van der Waals surface area contributed by atoms with Crippen molar-refractivity contribution in [2.45, 2.75) is 32.2 Å². The molecule has 1 aromatic carbocycles. The number of nitriles is 1. The van der Waals surface area contributed by atoms with Gasteiger partial charge in [-0.15, -0.1) is 0 Å². The summed E-state index contributed by atoms with van der Waals surface area (Å²) in [6.07, 6.45) is 1.04. The molecule has 1 rings (SSSR count). The van der Waals surface area contributed by atoms with Crippen molar-refractivity contribution in [1.29, 1.82) is 5.26 Å². The van der Waals surface area contributed by atoms with Gasteiger partial charge < -0.3 is 10.5 Å². The largest absolute Gasteiger partial charge is 0.487 e. The zero-order valence-corrected chi connectivity index (χ0v) is 11.0. The van der Waals surface area contributed by atoms with Gasteiger partial charge in [0.2, 0.25) is 0 Å². The summed E-state index contributed by atoms with van der Waals surface area (Å²) in [5.41, 5.74) is 5.54. The first-order valence-electron chi connectivity index (χ1n) is 5.94. The first-order valence-corrected chi connectivity index (χ1v) is 5.94. The second-order valence-corrected chi connectivity index (χ2v) is 4.71. The standard InChI is InChI=1S/C13H17N3O3/c1-10-4-5-12(11(8-10)16(17)18)19-7-3-6-13(2,15)9-14/h4-5,8H,3,6-7,15H2,1-2H3. The lowest BCUT2D eigenvalue weighted by Gasteiger charge is -2.14. The van der Waals surface area contributed by atoms with E-state index in [1.54, 1.807) is 26.0 Å². The normalized spacial score (nSPS) is 13.4. The van der Waals surface area contributed by atoms with Gasteiger partial charge in [-0.2, -0.15) is 5.26 Å². The number of ether oxygens (including phenoxy) is 1. The first-order chi connectivity index (χ1) is 8.85. The van der Waals surface area contributed by atoms with Crippen LogP contribution in [0, 0.1) is 28.4 Å². The molecule has 2 N–H and O–H groups in total. The molecule has 0 aliphatic carbocycles. The second kappa shape index (κ2) is 6.16. The van der Waals surface area contributed by atoms with Crippen molar-refractivity contribution in [2.24, 2.45) is 5.73 Å². The maximum atomic E-state index is 10.9. The number of nitrogens with zero attached hydrogens (tertiary/aromatic N) is 2. The molecule has 0 saturated carbocycles. The molecule has 0 amide bonds. The predicted molar refractivity (Wildman–Crippen MR) is 70.8 cm³/mol. The van der Waals surface area contributed by atoms with Crippen LogP contribution in [0.2, 0.25) is 0 Å². The average molecular weight is 263 g/mol. The maximum absolute atomic E-state index is 10.9. The van der Waals surface area contributed by atoms with Gasteiger partial charge in [0, 0.05) is 6.07 Å². The molecular weight excluding hydrogens is 246 g/mol. The second-order valence-electron chi connectivity index (χ2n) is 4.71. The Morgan fingerprint density at radius 1 is 1.58 bits per heavy atom. The van der Waals surface area contributed by atoms with Crippen molar-refractivity contribution >= 4 is 5.69 Å². The topological polar surface area (TPSA) is 102 Å². The third kappa shape index (κ3) is 4.56. The SMILES string of the molecule is Cc1ccc(OCCCC(C)(N)C#N)c([N+](=O)[O-])c1. The van der Waals surface area contributed by atoms with Crippen LogP contribution in [-0.2, 0) is 0 Å². The van der Waals surface area contributed by atoms with Crippen molar-refractivity contribution in [3.8, 4) is 11.8 Å². The molecule has 6 nitrogen and oxygen atoms in total. The van der Waals surface area contributed by atoms with Crippen LogP contribution in [-0.4, -0.2) is 17.1 Å². The van der Waals surface area contributed by atoms with Crippen molar-refractivity contribution in [3.63, 3.8) is 0 Å². The van der Waals surface area contributed by atoms with Crippen LogP contribution >= 0.6 is 0 Å². The Labute approximate surface area is 111 Å². The van der Waals surface area contributed by atoms with Crippen LogP contribution in [0.3, 0.4) is 0 Å². The van der Waals surface area contributed by atoms with Crippen molar-refractivity contribution in [1.82, 2.24) is 0 Å². The van der Waals surface area contributed by atoms with Gasteiger partial charge in [0.1, 0.15) is 5.54 Å². The predicted octanol–water partition coefficient (Wildman–Crippen LogP) is 2.30. The van der Waals surface area contributed by atoms with Gasteiger partial charge in [0.25, 0.3) is 0 Å². The molecule has 19 heavy (non-hydrogen) atoms. The number of hydrogen-bond acceptors (Lipinski definition) is 5. The van der Waals surface area contributed by atoms with E-state index in [0.717, 1.165) is 5.56 Å². The fourth-order valence-electron chi connectivity index (χ4n) is 1.57. The van der Waals surface area contributed by atoms with Crippen molar-refractivity contribution < 1.29 is 9.66 Å². The number of nitro benzene ring substituents is 1. The molecule has 0 aromatic heterocycles. The molecule has 1 aromatic rings. The van der Waals surface area contributed by atoms with E-state index in [-0.39, 0.29) is 11.4 Å². The molecular formula is C13H17N3O3. The summed E-state index contributed by atoms with van der Waals surface area (Å²) in [5, 5.41) is 19.6. The number of rotatable bonds is 6. The third-order valence-electron chi connectivity index (χ3n) is 2.66. The number of nitro groups is 1. The van der Waals surface area contributed by atoms with Gasteiger partial charge in [-0.05, 0) is 38.3 Å². The molecule has 0 aliphatic rings. The molecule has 0 radical (unpaired) electrons. The number of benzene rings is 1. The molecule has 0 fully saturated rings. The Bertz CT molecular complexity index is 506. The van der Waals surface area contributed by atoms with Gasteiger partial charge in [0.15, 0.2) is 5.75 Å². The molecule has 0 aliphatic heterocycles. The minimum Gasteiger partial charge on any atom is -0.487 e. The van der Waals surface area contributed by atoms with Gasteiger partial charge in [-0.3, -0.25) is 10.1 Å². The summed E-state index contributed by atoms with van der Waals surface area (Å²) in [4.78, 5) is 10.4. The highest BCUT2D eigenvalue weighted by molar-refractivity contribution is 5.48. The zero-order chi connectivity index (χ0) is 14.5. The number of nitrogens with two attached hydrogens (primary N) is 1.